The minimum absolute atomic E-state index is 0.0154. The Bertz CT molecular complexity index is 402. The first-order chi connectivity index (χ1) is 8.74. The van der Waals surface area contributed by atoms with Gasteiger partial charge in [0.25, 0.3) is 0 Å². The monoisotopic (exact) mass is 266 g/mol. The van der Waals surface area contributed by atoms with Crippen LogP contribution in [0.1, 0.15) is 41.8 Å². The Labute approximate surface area is 113 Å². The third-order valence-electron chi connectivity index (χ3n) is 4.56. The molecule has 1 aliphatic carbocycles. The van der Waals surface area contributed by atoms with Gasteiger partial charge in [-0.15, -0.1) is 11.3 Å². The molecule has 0 amide bonds. The van der Waals surface area contributed by atoms with Crippen LogP contribution in [0.4, 0.5) is 0 Å². The zero-order chi connectivity index (χ0) is 12.6. The van der Waals surface area contributed by atoms with Gasteiger partial charge in [-0.25, -0.2) is 4.98 Å². The van der Waals surface area contributed by atoms with Crippen molar-refractivity contribution in [3.63, 3.8) is 0 Å². The topological polar surface area (TPSA) is 34.2 Å². The molecule has 2 atom stereocenters. The Morgan fingerprint density at radius 2 is 2.22 bits per heavy atom. The summed E-state index contributed by atoms with van der Waals surface area (Å²) in [5, 5.41) is 4.78. The third kappa shape index (κ3) is 2.00. The molecule has 1 N–H and O–H groups in total. The van der Waals surface area contributed by atoms with E-state index in [2.05, 4.69) is 19.3 Å². The molecule has 0 spiro atoms. The molecule has 1 aliphatic heterocycles. The molecule has 1 aromatic rings. The molecular weight excluding hydrogens is 244 g/mol. The number of nitrogens with zero attached hydrogens (tertiary/aromatic N) is 1. The van der Waals surface area contributed by atoms with E-state index in [1.54, 1.807) is 0 Å². The largest absolute Gasteiger partial charge is 0.381 e. The fourth-order valence-electron chi connectivity index (χ4n) is 3.05. The van der Waals surface area contributed by atoms with Crippen molar-refractivity contribution in [3.05, 3.63) is 15.6 Å². The predicted molar refractivity (Wildman–Crippen MR) is 74.1 cm³/mol. The quantitative estimate of drug-likeness (QED) is 0.912. The van der Waals surface area contributed by atoms with Gasteiger partial charge in [-0.2, -0.15) is 0 Å². The Morgan fingerprint density at radius 3 is 2.89 bits per heavy atom. The molecule has 0 bridgehead atoms. The molecular formula is C14H22N2OS. The number of aryl methyl sites for hydroxylation is 2. The van der Waals surface area contributed by atoms with Crippen LogP contribution in [-0.2, 0) is 23.1 Å². The van der Waals surface area contributed by atoms with Crippen molar-refractivity contribution in [3.8, 4) is 0 Å². The van der Waals surface area contributed by atoms with E-state index in [0.717, 1.165) is 19.6 Å². The normalized spacial score (nSPS) is 26.9. The summed E-state index contributed by atoms with van der Waals surface area (Å²) in [7, 11) is 2.05. The van der Waals surface area contributed by atoms with Crippen LogP contribution in [0, 0.1) is 5.92 Å². The van der Waals surface area contributed by atoms with Crippen molar-refractivity contribution >= 4 is 11.3 Å². The molecule has 3 rings (SSSR count). The van der Waals surface area contributed by atoms with Gasteiger partial charge in [0.1, 0.15) is 5.01 Å². The molecule has 3 nitrogen and oxygen atoms in total. The maximum atomic E-state index is 5.57. The second-order valence-electron chi connectivity index (χ2n) is 5.61. The highest BCUT2D eigenvalue weighted by Gasteiger charge is 2.40. The van der Waals surface area contributed by atoms with E-state index in [4.69, 9.17) is 9.72 Å². The molecule has 2 unspecified atom stereocenters. The molecule has 1 fully saturated rings. The van der Waals surface area contributed by atoms with Crippen LogP contribution in [0.5, 0.6) is 0 Å². The fraction of sp³-hybridized carbons (Fsp3) is 0.786. The summed E-state index contributed by atoms with van der Waals surface area (Å²) >= 11 is 1.92. The van der Waals surface area contributed by atoms with E-state index in [-0.39, 0.29) is 5.54 Å². The van der Waals surface area contributed by atoms with Crippen LogP contribution < -0.4 is 5.32 Å². The second-order valence-corrected chi connectivity index (χ2v) is 6.69. The molecule has 0 saturated carbocycles. The van der Waals surface area contributed by atoms with Crippen molar-refractivity contribution in [2.75, 3.05) is 20.3 Å². The number of fused-ring (bicyclic) bond motifs is 1. The Balaban J connectivity index is 1.92. The minimum atomic E-state index is -0.0154. The van der Waals surface area contributed by atoms with Crippen molar-refractivity contribution in [1.82, 2.24) is 10.3 Å². The highest BCUT2D eigenvalue weighted by atomic mass is 32.1. The molecule has 2 heterocycles. The first-order valence-electron chi connectivity index (χ1n) is 7.00. The first-order valence-corrected chi connectivity index (χ1v) is 7.81. The molecule has 2 aliphatic rings. The summed E-state index contributed by atoms with van der Waals surface area (Å²) < 4.78 is 5.57. The molecule has 0 radical (unpaired) electrons. The van der Waals surface area contributed by atoms with Crippen LogP contribution >= 0.6 is 11.3 Å². The summed E-state index contributed by atoms with van der Waals surface area (Å²) in [5.74, 6) is 0.551. The molecule has 100 valence electrons. The van der Waals surface area contributed by atoms with Gasteiger partial charge in [0.2, 0.25) is 0 Å². The average molecular weight is 266 g/mol. The molecule has 1 aromatic heterocycles. The number of rotatable bonds is 3. The number of nitrogens with one attached hydrogen (secondary N) is 1. The maximum absolute atomic E-state index is 5.57. The van der Waals surface area contributed by atoms with Crippen LogP contribution in [0.15, 0.2) is 0 Å². The standard InChI is InChI=1S/C14H22N2OS/c1-14(15-2,10-7-8-17-9-10)13-16-11-5-3-4-6-12(11)18-13/h10,15H,3-9H2,1-2H3. The van der Waals surface area contributed by atoms with Crippen LogP contribution in [0.2, 0.25) is 0 Å². The van der Waals surface area contributed by atoms with E-state index >= 15 is 0 Å². The zero-order valence-electron chi connectivity index (χ0n) is 11.3. The number of hydrogen-bond donors (Lipinski definition) is 1. The van der Waals surface area contributed by atoms with Crippen molar-refractivity contribution < 1.29 is 4.74 Å². The van der Waals surface area contributed by atoms with E-state index in [9.17, 15) is 0 Å². The summed E-state index contributed by atoms with van der Waals surface area (Å²) in [6.45, 7) is 4.05. The summed E-state index contributed by atoms with van der Waals surface area (Å²) in [5.41, 5.74) is 1.35. The van der Waals surface area contributed by atoms with E-state index < -0.39 is 0 Å². The first kappa shape index (κ1) is 12.6. The van der Waals surface area contributed by atoms with Gasteiger partial charge >= 0.3 is 0 Å². The lowest BCUT2D eigenvalue weighted by Crippen LogP contribution is -2.44. The fourth-order valence-corrected chi connectivity index (χ4v) is 4.43. The number of thiazole rings is 1. The van der Waals surface area contributed by atoms with Gasteiger partial charge in [0.15, 0.2) is 0 Å². The van der Waals surface area contributed by atoms with Crippen molar-refractivity contribution in [2.24, 2.45) is 5.92 Å². The number of aromatic nitrogens is 1. The highest BCUT2D eigenvalue weighted by Crippen LogP contribution is 2.39. The summed E-state index contributed by atoms with van der Waals surface area (Å²) in [6.07, 6.45) is 6.18. The Morgan fingerprint density at radius 1 is 1.39 bits per heavy atom. The van der Waals surface area contributed by atoms with Crippen LogP contribution in [0.3, 0.4) is 0 Å². The third-order valence-corrected chi connectivity index (χ3v) is 5.95. The summed E-state index contributed by atoms with van der Waals surface area (Å²) in [6, 6.07) is 0. The van der Waals surface area contributed by atoms with Gasteiger partial charge in [0.05, 0.1) is 17.8 Å². The van der Waals surface area contributed by atoms with Crippen molar-refractivity contribution in [2.45, 2.75) is 44.6 Å². The summed E-state index contributed by atoms with van der Waals surface area (Å²) in [4.78, 5) is 6.46. The van der Waals surface area contributed by atoms with E-state index in [1.165, 1.54) is 41.3 Å². The van der Waals surface area contributed by atoms with Gasteiger partial charge in [-0.3, -0.25) is 0 Å². The van der Waals surface area contributed by atoms with Crippen LogP contribution in [-0.4, -0.2) is 25.2 Å². The highest BCUT2D eigenvalue weighted by molar-refractivity contribution is 7.11. The van der Waals surface area contributed by atoms with Crippen LogP contribution in [0.25, 0.3) is 0 Å². The minimum Gasteiger partial charge on any atom is -0.381 e. The zero-order valence-corrected chi connectivity index (χ0v) is 12.1. The molecule has 1 saturated heterocycles. The lowest BCUT2D eigenvalue weighted by molar-refractivity contribution is 0.156. The smallest absolute Gasteiger partial charge is 0.113 e. The lowest BCUT2D eigenvalue weighted by atomic mass is 9.85. The predicted octanol–water partition coefficient (Wildman–Crippen LogP) is 2.49. The molecule has 0 aromatic carbocycles. The van der Waals surface area contributed by atoms with Crippen molar-refractivity contribution in [1.29, 1.82) is 0 Å². The Hall–Kier alpha value is -0.450. The molecule has 18 heavy (non-hydrogen) atoms. The van der Waals surface area contributed by atoms with Gasteiger partial charge in [-0.05, 0) is 46.1 Å². The number of hydrogen-bond acceptors (Lipinski definition) is 4. The second kappa shape index (κ2) is 4.91. The van der Waals surface area contributed by atoms with E-state index in [0.29, 0.717) is 5.92 Å². The average Bonchev–Trinajstić information content (AvgIpc) is 3.06. The van der Waals surface area contributed by atoms with E-state index in [1.807, 2.05) is 11.3 Å². The van der Waals surface area contributed by atoms with Gasteiger partial charge in [-0.1, -0.05) is 0 Å². The molecule has 4 heteroatoms. The van der Waals surface area contributed by atoms with Gasteiger partial charge < -0.3 is 10.1 Å². The maximum Gasteiger partial charge on any atom is 0.113 e. The SMILES string of the molecule is CNC(C)(c1nc2c(s1)CCCC2)C1CCOC1. The van der Waals surface area contributed by atoms with Gasteiger partial charge in [0, 0.05) is 17.4 Å². The lowest BCUT2D eigenvalue weighted by Gasteiger charge is -2.32. The number of ether oxygens (including phenoxy) is 1. The Kier molecular flexibility index (Phi) is 3.43.